The lowest BCUT2D eigenvalue weighted by Gasteiger charge is -2.25. The molecule has 1 heterocycles. The highest BCUT2D eigenvalue weighted by atomic mass is 35.5. The van der Waals surface area contributed by atoms with Crippen molar-refractivity contribution in [1.82, 2.24) is 4.98 Å². The van der Waals surface area contributed by atoms with E-state index in [4.69, 9.17) is 11.6 Å². The van der Waals surface area contributed by atoms with Gasteiger partial charge in [0.2, 0.25) is 0 Å². The summed E-state index contributed by atoms with van der Waals surface area (Å²) in [6.07, 6.45) is 3.97. The van der Waals surface area contributed by atoms with Gasteiger partial charge in [-0.15, -0.1) is 0 Å². The molecule has 1 rings (SSSR count). The zero-order valence-electron chi connectivity index (χ0n) is 8.47. The van der Waals surface area contributed by atoms with Crippen molar-refractivity contribution in [2.75, 3.05) is 0 Å². The molecule has 0 radical (unpaired) electrons. The Morgan fingerprint density at radius 3 is 2.46 bits per heavy atom. The molecule has 0 saturated heterocycles. The molecule has 0 bridgehead atoms. The lowest BCUT2D eigenvalue weighted by molar-refractivity contribution is 0.426. The number of halogens is 1. The van der Waals surface area contributed by atoms with Crippen molar-refractivity contribution in [2.45, 2.75) is 39.0 Å². The number of rotatable bonds is 3. The van der Waals surface area contributed by atoms with Crippen molar-refractivity contribution in [3.8, 4) is 0 Å². The van der Waals surface area contributed by atoms with Crippen molar-refractivity contribution < 1.29 is 0 Å². The van der Waals surface area contributed by atoms with E-state index < -0.39 is 0 Å². The van der Waals surface area contributed by atoms with Gasteiger partial charge < -0.3 is 0 Å². The second-order valence-corrected chi connectivity index (χ2v) is 4.06. The molecule has 2 heteroatoms. The highest BCUT2D eigenvalue weighted by molar-refractivity contribution is 6.30. The molecule has 0 saturated carbocycles. The molecule has 1 nitrogen and oxygen atoms in total. The molecule has 0 aliphatic heterocycles. The van der Waals surface area contributed by atoms with Crippen LogP contribution in [-0.4, -0.2) is 4.98 Å². The molecular weight excluding hydrogens is 182 g/mol. The first-order valence-corrected chi connectivity index (χ1v) is 5.12. The van der Waals surface area contributed by atoms with Crippen molar-refractivity contribution in [1.29, 1.82) is 0 Å². The van der Waals surface area contributed by atoms with E-state index in [0.29, 0.717) is 0 Å². The first kappa shape index (κ1) is 10.5. The van der Waals surface area contributed by atoms with Crippen LogP contribution in [0.3, 0.4) is 0 Å². The summed E-state index contributed by atoms with van der Waals surface area (Å²) in [6.45, 7) is 6.60. The molecule has 0 atom stereocenters. The van der Waals surface area contributed by atoms with Gasteiger partial charge in [0.05, 0.1) is 0 Å². The Bertz CT molecular complexity index is 279. The van der Waals surface area contributed by atoms with Crippen LogP contribution in [0.5, 0.6) is 0 Å². The third kappa shape index (κ3) is 2.22. The van der Waals surface area contributed by atoms with E-state index >= 15 is 0 Å². The highest BCUT2D eigenvalue weighted by Crippen LogP contribution is 2.30. The highest BCUT2D eigenvalue weighted by Gasteiger charge is 2.23. The monoisotopic (exact) mass is 197 g/mol. The van der Waals surface area contributed by atoms with Crippen LogP contribution >= 0.6 is 11.6 Å². The Morgan fingerprint density at radius 2 is 2.00 bits per heavy atom. The number of nitrogens with zero attached hydrogens (tertiary/aromatic N) is 1. The van der Waals surface area contributed by atoms with Crippen LogP contribution in [0.15, 0.2) is 18.3 Å². The second-order valence-electron chi connectivity index (χ2n) is 3.63. The van der Waals surface area contributed by atoms with E-state index in [0.717, 1.165) is 23.6 Å². The summed E-state index contributed by atoms with van der Waals surface area (Å²) in [6, 6.07) is 3.78. The smallest absolute Gasteiger partial charge is 0.0477 e. The molecule has 13 heavy (non-hydrogen) atoms. The van der Waals surface area contributed by atoms with E-state index in [9.17, 15) is 0 Å². The Labute approximate surface area is 85.1 Å². The maximum absolute atomic E-state index is 5.92. The van der Waals surface area contributed by atoms with Crippen molar-refractivity contribution >= 4 is 11.6 Å². The van der Waals surface area contributed by atoms with Gasteiger partial charge in [0.15, 0.2) is 0 Å². The molecule has 0 spiro atoms. The summed E-state index contributed by atoms with van der Waals surface area (Å²) in [5.41, 5.74) is 1.27. The van der Waals surface area contributed by atoms with Gasteiger partial charge in [-0.2, -0.15) is 0 Å². The maximum Gasteiger partial charge on any atom is 0.0477 e. The third-order valence-electron chi connectivity index (χ3n) is 2.90. The average Bonchev–Trinajstić information content (AvgIpc) is 2.17. The zero-order valence-corrected chi connectivity index (χ0v) is 9.23. The summed E-state index contributed by atoms with van der Waals surface area (Å²) >= 11 is 5.92. The molecule has 0 amide bonds. The molecular formula is C11H16ClN. The number of hydrogen-bond donors (Lipinski definition) is 0. The Kier molecular flexibility index (Phi) is 3.32. The SMILES string of the molecule is CCC(C)(CC)c1cc(Cl)ccn1. The van der Waals surface area contributed by atoms with Crippen LogP contribution in [0, 0.1) is 0 Å². The summed E-state index contributed by atoms with van der Waals surface area (Å²) in [5.74, 6) is 0. The summed E-state index contributed by atoms with van der Waals surface area (Å²) in [5, 5.41) is 0.776. The number of hydrogen-bond acceptors (Lipinski definition) is 1. The predicted molar refractivity (Wildman–Crippen MR) is 57.2 cm³/mol. The van der Waals surface area contributed by atoms with Crippen molar-refractivity contribution in [3.05, 3.63) is 29.0 Å². The summed E-state index contributed by atoms with van der Waals surface area (Å²) in [4.78, 5) is 4.37. The average molecular weight is 198 g/mol. The minimum absolute atomic E-state index is 0.172. The second kappa shape index (κ2) is 4.10. The van der Waals surface area contributed by atoms with Gasteiger partial charge in [-0.3, -0.25) is 4.98 Å². The molecule has 0 unspecified atom stereocenters. The van der Waals surface area contributed by atoms with E-state index in [-0.39, 0.29) is 5.41 Å². The van der Waals surface area contributed by atoms with E-state index in [1.54, 1.807) is 6.20 Å². The molecule has 72 valence electrons. The fraction of sp³-hybridized carbons (Fsp3) is 0.545. The topological polar surface area (TPSA) is 12.9 Å². The van der Waals surface area contributed by atoms with Crippen LogP contribution in [0.2, 0.25) is 5.02 Å². The van der Waals surface area contributed by atoms with Crippen LogP contribution < -0.4 is 0 Å². The van der Waals surface area contributed by atoms with Gasteiger partial charge >= 0.3 is 0 Å². The fourth-order valence-corrected chi connectivity index (χ4v) is 1.51. The molecule has 0 aromatic carbocycles. The Balaban J connectivity index is 3.05. The van der Waals surface area contributed by atoms with Crippen LogP contribution in [-0.2, 0) is 5.41 Å². The quantitative estimate of drug-likeness (QED) is 0.718. The van der Waals surface area contributed by atoms with E-state index in [1.807, 2.05) is 12.1 Å². The summed E-state index contributed by atoms with van der Waals surface area (Å²) in [7, 11) is 0. The van der Waals surface area contributed by atoms with Crippen LogP contribution in [0.25, 0.3) is 0 Å². The lowest BCUT2D eigenvalue weighted by Crippen LogP contribution is -2.20. The van der Waals surface area contributed by atoms with Crippen molar-refractivity contribution in [2.24, 2.45) is 0 Å². The van der Waals surface area contributed by atoms with Gasteiger partial charge in [-0.1, -0.05) is 32.4 Å². The van der Waals surface area contributed by atoms with Gasteiger partial charge in [0.1, 0.15) is 0 Å². The third-order valence-corrected chi connectivity index (χ3v) is 3.14. The summed E-state index contributed by atoms with van der Waals surface area (Å²) < 4.78 is 0. The number of pyridine rings is 1. The molecule has 0 N–H and O–H groups in total. The van der Waals surface area contributed by atoms with Crippen LogP contribution in [0.4, 0.5) is 0 Å². The molecule has 0 aliphatic carbocycles. The van der Waals surface area contributed by atoms with Gasteiger partial charge in [-0.05, 0) is 25.0 Å². The first-order valence-electron chi connectivity index (χ1n) is 4.74. The number of aromatic nitrogens is 1. The first-order chi connectivity index (χ1) is 6.12. The predicted octanol–water partition coefficient (Wildman–Crippen LogP) is 3.81. The van der Waals surface area contributed by atoms with Gasteiger partial charge in [0.25, 0.3) is 0 Å². The molecule has 1 aromatic heterocycles. The van der Waals surface area contributed by atoms with E-state index in [2.05, 4.69) is 25.8 Å². The largest absolute Gasteiger partial charge is 0.261 e. The molecule has 0 fully saturated rings. The van der Waals surface area contributed by atoms with Gasteiger partial charge in [0, 0.05) is 22.3 Å². The van der Waals surface area contributed by atoms with E-state index in [1.165, 1.54) is 0 Å². The van der Waals surface area contributed by atoms with Crippen LogP contribution in [0.1, 0.15) is 39.3 Å². The zero-order chi connectivity index (χ0) is 9.90. The standard InChI is InChI=1S/C11H16ClN/c1-4-11(3,5-2)10-8-9(12)6-7-13-10/h6-8H,4-5H2,1-3H3. The Hall–Kier alpha value is -0.560. The van der Waals surface area contributed by atoms with Gasteiger partial charge in [-0.25, -0.2) is 0 Å². The molecule has 1 aromatic rings. The fourth-order valence-electron chi connectivity index (χ4n) is 1.35. The minimum Gasteiger partial charge on any atom is -0.261 e. The van der Waals surface area contributed by atoms with Crippen molar-refractivity contribution in [3.63, 3.8) is 0 Å². The normalized spacial score (nSPS) is 11.7. The minimum atomic E-state index is 0.172. The molecule has 0 aliphatic rings. The lowest BCUT2D eigenvalue weighted by atomic mass is 9.81. The maximum atomic E-state index is 5.92. The Morgan fingerprint density at radius 1 is 1.38 bits per heavy atom.